The van der Waals surface area contributed by atoms with Gasteiger partial charge in [-0.1, -0.05) is 137 Å². The minimum Gasteiger partial charge on any atom is -0.466 e. The molecular formula is C39H77NO5. The van der Waals surface area contributed by atoms with Crippen LogP contribution in [0.3, 0.4) is 0 Å². The molecule has 0 bridgehead atoms. The Morgan fingerprint density at radius 1 is 0.622 bits per heavy atom. The lowest BCUT2D eigenvalue weighted by Crippen LogP contribution is -2.29. The first-order valence-corrected chi connectivity index (χ1v) is 19.3. The van der Waals surface area contributed by atoms with Gasteiger partial charge in [0.05, 0.1) is 19.8 Å². The summed E-state index contributed by atoms with van der Waals surface area (Å²) in [5.41, 5.74) is 0.0155. The monoisotopic (exact) mass is 640 g/mol. The topological polar surface area (TPSA) is 76.1 Å². The molecule has 6 heteroatoms. The molecule has 0 amide bonds. The van der Waals surface area contributed by atoms with Crippen molar-refractivity contribution in [3.63, 3.8) is 0 Å². The molecule has 0 aromatic rings. The Kier molecular flexibility index (Phi) is 30.7. The number of ether oxygens (including phenoxy) is 2. The van der Waals surface area contributed by atoms with E-state index in [-0.39, 0.29) is 24.0 Å². The van der Waals surface area contributed by atoms with Crippen molar-refractivity contribution < 1.29 is 24.2 Å². The van der Waals surface area contributed by atoms with Crippen molar-refractivity contribution >= 4 is 11.9 Å². The van der Waals surface area contributed by atoms with Crippen molar-refractivity contribution in [2.75, 3.05) is 39.5 Å². The first-order chi connectivity index (χ1) is 21.7. The molecule has 45 heavy (non-hydrogen) atoms. The summed E-state index contributed by atoms with van der Waals surface area (Å²) >= 11 is 0. The summed E-state index contributed by atoms with van der Waals surface area (Å²) in [4.78, 5) is 26.5. The van der Waals surface area contributed by atoms with E-state index in [1.165, 1.54) is 70.6 Å². The molecule has 0 aliphatic rings. The number of esters is 2. The third-order valence-corrected chi connectivity index (χ3v) is 8.90. The zero-order chi connectivity index (χ0) is 33.4. The molecule has 0 aliphatic carbocycles. The standard InChI is InChI=1S/C39H77NO5/c1-6-7-8-9-10-17-25-34-44-37(42)27-20-15-12-16-23-30-40(32-33-41)31-24-18-22-29-39(4,5)35-45-38(43)28-21-14-11-13-19-26-36(2)3/h36,41H,6-35H2,1-5H3. The molecule has 1 N–H and O–H groups in total. The summed E-state index contributed by atoms with van der Waals surface area (Å²) in [7, 11) is 0. The molecule has 0 heterocycles. The van der Waals surface area contributed by atoms with Crippen molar-refractivity contribution in [2.45, 2.75) is 189 Å². The van der Waals surface area contributed by atoms with E-state index in [1.807, 2.05) is 0 Å². The van der Waals surface area contributed by atoms with Crippen LogP contribution in [0.4, 0.5) is 0 Å². The SMILES string of the molecule is CCCCCCCCCOC(=O)CCCCCCCN(CCO)CCCCCC(C)(C)COC(=O)CCCCCCCC(C)C. The summed E-state index contributed by atoms with van der Waals surface area (Å²) in [5.74, 6) is 0.714. The van der Waals surface area contributed by atoms with E-state index < -0.39 is 0 Å². The molecule has 0 rings (SSSR count). The Morgan fingerprint density at radius 2 is 1.11 bits per heavy atom. The fraction of sp³-hybridized carbons (Fsp3) is 0.949. The summed E-state index contributed by atoms with van der Waals surface area (Å²) in [5, 5.41) is 9.50. The van der Waals surface area contributed by atoms with Crippen LogP contribution in [0.25, 0.3) is 0 Å². The van der Waals surface area contributed by atoms with Crippen LogP contribution in [0.1, 0.15) is 189 Å². The Labute approximate surface area is 280 Å². The van der Waals surface area contributed by atoms with Crippen molar-refractivity contribution in [1.82, 2.24) is 4.90 Å². The van der Waals surface area contributed by atoms with Crippen LogP contribution >= 0.6 is 0 Å². The van der Waals surface area contributed by atoms with Gasteiger partial charge in [-0.15, -0.1) is 0 Å². The average molecular weight is 640 g/mol. The lowest BCUT2D eigenvalue weighted by atomic mass is 9.88. The lowest BCUT2D eigenvalue weighted by Gasteiger charge is -2.25. The van der Waals surface area contributed by atoms with Gasteiger partial charge in [0.1, 0.15) is 0 Å². The minimum atomic E-state index is -0.0403. The molecule has 0 radical (unpaired) electrons. The average Bonchev–Trinajstić information content (AvgIpc) is 3.00. The Hall–Kier alpha value is -1.14. The lowest BCUT2D eigenvalue weighted by molar-refractivity contribution is -0.147. The van der Waals surface area contributed by atoms with Gasteiger partial charge in [-0.25, -0.2) is 0 Å². The first-order valence-electron chi connectivity index (χ1n) is 19.3. The molecule has 0 aromatic carbocycles. The predicted octanol–water partition coefficient (Wildman–Crippen LogP) is 10.4. The van der Waals surface area contributed by atoms with E-state index in [9.17, 15) is 14.7 Å². The molecule has 0 spiro atoms. The van der Waals surface area contributed by atoms with E-state index in [0.717, 1.165) is 96.2 Å². The number of aliphatic hydroxyl groups excluding tert-OH is 1. The fourth-order valence-corrected chi connectivity index (χ4v) is 5.82. The second kappa shape index (κ2) is 31.5. The molecular weight excluding hydrogens is 562 g/mol. The van der Waals surface area contributed by atoms with Crippen molar-refractivity contribution in [2.24, 2.45) is 11.3 Å². The highest BCUT2D eigenvalue weighted by molar-refractivity contribution is 5.69. The van der Waals surface area contributed by atoms with Crippen LogP contribution in [0.5, 0.6) is 0 Å². The number of rotatable bonds is 34. The van der Waals surface area contributed by atoms with E-state index in [1.54, 1.807) is 0 Å². The predicted molar refractivity (Wildman–Crippen MR) is 191 cm³/mol. The van der Waals surface area contributed by atoms with Gasteiger partial charge in [0.15, 0.2) is 0 Å². The molecule has 0 unspecified atom stereocenters. The van der Waals surface area contributed by atoms with Gasteiger partial charge in [0.2, 0.25) is 0 Å². The van der Waals surface area contributed by atoms with E-state index in [0.29, 0.717) is 26.1 Å². The minimum absolute atomic E-state index is 0.0155. The Balaban J connectivity index is 3.76. The highest BCUT2D eigenvalue weighted by Crippen LogP contribution is 2.24. The van der Waals surface area contributed by atoms with Crippen molar-refractivity contribution in [3.05, 3.63) is 0 Å². The highest BCUT2D eigenvalue weighted by atomic mass is 16.5. The van der Waals surface area contributed by atoms with Gasteiger partial charge in [0.25, 0.3) is 0 Å². The zero-order valence-corrected chi connectivity index (χ0v) is 30.8. The first kappa shape index (κ1) is 43.9. The third kappa shape index (κ3) is 32.6. The van der Waals surface area contributed by atoms with Crippen LogP contribution in [0.2, 0.25) is 0 Å². The molecule has 0 fully saturated rings. The van der Waals surface area contributed by atoms with Crippen LogP contribution in [0.15, 0.2) is 0 Å². The second-order valence-corrected chi connectivity index (χ2v) is 14.8. The van der Waals surface area contributed by atoms with Gasteiger partial charge in [-0.05, 0) is 62.9 Å². The maximum absolute atomic E-state index is 12.2. The smallest absolute Gasteiger partial charge is 0.305 e. The number of aliphatic hydroxyl groups is 1. The number of hydrogen-bond donors (Lipinski definition) is 1. The highest BCUT2D eigenvalue weighted by Gasteiger charge is 2.20. The fourth-order valence-electron chi connectivity index (χ4n) is 5.82. The Bertz CT molecular complexity index is 666. The quantitative estimate of drug-likeness (QED) is 0.0558. The normalized spacial score (nSPS) is 11.9. The number of carbonyl (C=O) groups is 2. The summed E-state index contributed by atoms with van der Waals surface area (Å²) in [6.45, 7) is 15.3. The van der Waals surface area contributed by atoms with Crippen molar-refractivity contribution in [1.29, 1.82) is 0 Å². The summed E-state index contributed by atoms with van der Waals surface area (Å²) in [6, 6.07) is 0. The van der Waals surface area contributed by atoms with E-state index in [2.05, 4.69) is 39.5 Å². The molecule has 0 aromatic heterocycles. The number of carbonyl (C=O) groups excluding carboxylic acids is 2. The molecule has 268 valence electrons. The van der Waals surface area contributed by atoms with E-state index in [4.69, 9.17) is 9.47 Å². The van der Waals surface area contributed by atoms with Gasteiger partial charge in [-0.3, -0.25) is 9.59 Å². The van der Waals surface area contributed by atoms with Crippen LogP contribution < -0.4 is 0 Å². The van der Waals surface area contributed by atoms with Gasteiger partial charge < -0.3 is 19.5 Å². The molecule has 0 saturated carbocycles. The zero-order valence-electron chi connectivity index (χ0n) is 30.8. The number of hydrogen-bond acceptors (Lipinski definition) is 6. The van der Waals surface area contributed by atoms with Crippen molar-refractivity contribution in [3.8, 4) is 0 Å². The third-order valence-electron chi connectivity index (χ3n) is 8.90. The van der Waals surface area contributed by atoms with Gasteiger partial charge in [0, 0.05) is 19.4 Å². The summed E-state index contributed by atoms with van der Waals surface area (Å²) in [6.07, 6.45) is 26.9. The van der Waals surface area contributed by atoms with Gasteiger partial charge >= 0.3 is 11.9 Å². The number of nitrogens with zero attached hydrogens (tertiary/aromatic N) is 1. The maximum atomic E-state index is 12.2. The molecule has 0 aliphatic heterocycles. The van der Waals surface area contributed by atoms with Crippen LogP contribution in [-0.2, 0) is 19.1 Å². The molecule has 0 saturated heterocycles. The van der Waals surface area contributed by atoms with E-state index >= 15 is 0 Å². The summed E-state index contributed by atoms with van der Waals surface area (Å²) < 4.78 is 11.0. The van der Waals surface area contributed by atoms with Crippen LogP contribution in [-0.4, -0.2) is 61.4 Å². The second-order valence-electron chi connectivity index (χ2n) is 14.8. The van der Waals surface area contributed by atoms with Crippen LogP contribution in [0, 0.1) is 11.3 Å². The largest absolute Gasteiger partial charge is 0.466 e. The maximum Gasteiger partial charge on any atom is 0.305 e. The molecule has 6 nitrogen and oxygen atoms in total. The van der Waals surface area contributed by atoms with Gasteiger partial charge in [-0.2, -0.15) is 0 Å². The molecule has 0 atom stereocenters. The number of unbranched alkanes of at least 4 members (excludes halogenated alkanes) is 16. The Morgan fingerprint density at radius 3 is 1.69 bits per heavy atom.